The molecular weight excluding hydrogens is 338 g/mol. The molecule has 0 bridgehead atoms. The van der Waals surface area contributed by atoms with Crippen LogP contribution in [0.3, 0.4) is 0 Å². The molecule has 1 saturated heterocycles. The lowest BCUT2D eigenvalue weighted by molar-refractivity contribution is -0.117. The number of hydrogen-bond donors (Lipinski definition) is 0. The van der Waals surface area contributed by atoms with Gasteiger partial charge in [0.2, 0.25) is 5.91 Å². The maximum absolute atomic E-state index is 12.7. The Balaban J connectivity index is 1.64. The molecule has 1 amide bonds. The fraction of sp³-hybridized carbons (Fsp3) is 0.364. The topological polar surface area (TPSA) is 47.4 Å². The van der Waals surface area contributed by atoms with Crippen molar-refractivity contribution in [1.82, 2.24) is 9.55 Å². The predicted octanol–water partition coefficient (Wildman–Crippen LogP) is 4.54. The van der Waals surface area contributed by atoms with Gasteiger partial charge in [0, 0.05) is 30.6 Å². The van der Waals surface area contributed by atoms with Gasteiger partial charge in [0.05, 0.1) is 17.6 Å². The van der Waals surface area contributed by atoms with E-state index in [-0.39, 0.29) is 11.8 Å². The van der Waals surface area contributed by atoms with Crippen LogP contribution in [-0.2, 0) is 4.79 Å². The zero-order valence-electron chi connectivity index (χ0n) is 16.1. The van der Waals surface area contributed by atoms with Gasteiger partial charge >= 0.3 is 0 Å². The molecule has 0 N–H and O–H groups in total. The molecule has 4 rings (SSSR count). The van der Waals surface area contributed by atoms with Gasteiger partial charge in [-0.1, -0.05) is 12.1 Å². The summed E-state index contributed by atoms with van der Waals surface area (Å²) in [6, 6.07) is 16.2. The summed E-state index contributed by atoms with van der Waals surface area (Å²) in [5, 5.41) is 0. The van der Waals surface area contributed by atoms with Crippen LogP contribution in [0.15, 0.2) is 48.5 Å². The van der Waals surface area contributed by atoms with Crippen LogP contribution in [0.5, 0.6) is 5.75 Å². The highest BCUT2D eigenvalue weighted by molar-refractivity contribution is 5.96. The minimum atomic E-state index is 0.0962. The second-order valence-electron chi connectivity index (χ2n) is 7.25. The minimum Gasteiger partial charge on any atom is -0.494 e. The molecule has 1 aliphatic heterocycles. The first kappa shape index (κ1) is 17.6. The summed E-state index contributed by atoms with van der Waals surface area (Å²) < 4.78 is 7.77. The number of aromatic nitrogens is 2. The van der Waals surface area contributed by atoms with E-state index in [4.69, 9.17) is 9.72 Å². The van der Waals surface area contributed by atoms with E-state index in [1.165, 1.54) is 0 Å². The van der Waals surface area contributed by atoms with Crippen LogP contribution in [0.25, 0.3) is 11.0 Å². The van der Waals surface area contributed by atoms with E-state index in [1.807, 2.05) is 54.3 Å². The molecule has 1 aromatic heterocycles. The Hall–Kier alpha value is -2.82. The highest BCUT2D eigenvalue weighted by Crippen LogP contribution is 2.35. The number of benzene rings is 2. The van der Waals surface area contributed by atoms with Gasteiger partial charge in [-0.05, 0) is 57.2 Å². The number of carbonyl (C=O) groups is 1. The van der Waals surface area contributed by atoms with Gasteiger partial charge in [-0.15, -0.1) is 0 Å². The molecule has 0 spiro atoms. The highest BCUT2D eigenvalue weighted by Gasteiger charge is 2.35. The summed E-state index contributed by atoms with van der Waals surface area (Å²) in [6.07, 6.45) is 0.489. The number of hydrogen-bond acceptors (Lipinski definition) is 3. The molecule has 0 radical (unpaired) electrons. The molecule has 140 valence electrons. The van der Waals surface area contributed by atoms with Crippen molar-refractivity contribution < 1.29 is 9.53 Å². The van der Waals surface area contributed by atoms with E-state index in [0.29, 0.717) is 25.6 Å². The summed E-state index contributed by atoms with van der Waals surface area (Å²) >= 11 is 0. The van der Waals surface area contributed by atoms with Crippen molar-refractivity contribution in [3.8, 4) is 5.75 Å². The van der Waals surface area contributed by atoms with Crippen molar-refractivity contribution in [2.45, 2.75) is 39.2 Å². The number of amides is 1. The van der Waals surface area contributed by atoms with E-state index in [0.717, 1.165) is 28.3 Å². The van der Waals surface area contributed by atoms with Crippen LogP contribution < -0.4 is 9.64 Å². The SMILES string of the molecule is CCOc1ccc(N2C[C@H](c3nc4ccccc4n3C(C)C)CC2=O)cc1. The zero-order chi connectivity index (χ0) is 19.0. The fourth-order valence-corrected chi connectivity index (χ4v) is 3.91. The molecule has 2 aromatic carbocycles. The van der Waals surface area contributed by atoms with Crippen molar-refractivity contribution in [2.24, 2.45) is 0 Å². The van der Waals surface area contributed by atoms with Crippen molar-refractivity contribution in [3.63, 3.8) is 0 Å². The quantitative estimate of drug-likeness (QED) is 0.669. The van der Waals surface area contributed by atoms with Crippen LogP contribution in [0.2, 0.25) is 0 Å². The summed E-state index contributed by atoms with van der Waals surface area (Å²) in [5.74, 6) is 2.07. The van der Waals surface area contributed by atoms with Gasteiger partial charge in [-0.2, -0.15) is 0 Å². The number of para-hydroxylation sites is 2. The minimum absolute atomic E-state index is 0.0962. The molecule has 1 fully saturated rings. The molecule has 3 aromatic rings. The lowest BCUT2D eigenvalue weighted by Crippen LogP contribution is -2.24. The Bertz CT molecular complexity index is 959. The van der Waals surface area contributed by atoms with Crippen LogP contribution >= 0.6 is 0 Å². The summed E-state index contributed by atoms with van der Waals surface area (Å²) in [5.41, 5.74) is 3.04. The predicted molar refractivity (Wildman–Crippen MR) is 107 cm³/mol. The number of fused-ring (bicyclic) bond motifs is 1. The van der Waals surface area contributed by atoms with Crippen molar-refractivity contribution in [2.75, 3.05) is 18.1 Å². The first-order valence-corrected chi connectivity index (χ1v) is 9.58. The molecule has 0 saturated carbocycles. The van der Waals surface area contributed by atoms with Crippen LogP contribution in [0.4, 0.5) is 5.69 Å². The largest absolute Gasteiger partial charge is 0.494 e. The second kappa shape index (κ2) is 7.06. The van der Waals surface area contributed by atoms with Crippen molar-refractivity contribution in [1.29, 1.82) is 0 Å². The Morgan fingerprint density at radius 2 is 1.89 bits per heavy atom. The Morgan fingerprint density at radius 1 is 1.15 bits per heavy atom. The smallest absolute Gasteiger partial charge is 0.227 e. The van der Waals surface area contributed by atoms with Crippen LogP contribution in [0, 0.1) is 0 Å². The van der Waals surface area contributed by atoms with Gasteiger partial charge in [0.1, 0.15) is 11.6 Å². The molecule has 5 heteroatoms. The summed E-state index contributed by atoms with van der Waals surface area (Å²) in [7, 11) is 0. The number of rotatable bonds is 5. The summed E-state index contributed by atoms with van der Waals surface area (Å²) in [4.78, 5) is 19.5. The van der Waals surface area contributed by atoms with Gasteiger partial charge in [-0.25, -0.2) is 4.98 Å². The van der Waals surface area contributed by atoms with E-state index < -0.39 is 0 Å². The van der Waals surface area contributed by atoms with E-state index in [1.54, 1.807) is 0 Å². The normalized spacial score (nSPS) is 17.3. The fourth-order valence-electron chi connectivity index (χ4n) is 3.91. The number of carbonyl (C=O) groups excluding carboxylic acids is 1. The lowest BCUT2D eigenvalue weighted by Gasteiger charge is -2.19. The number of ether oxygens (including phenoxy) is 1. The monoisotopic (exact) mass is 363 g/mol. The van der Waals surface area contributed by atoms with Crippen LogP contribution in [0.1, 0.15) is 45.0 Å². The highest BCUT2D eigenvalue weighted by atomic mass is 16.5. The first-order valence-electron chi connectivity index (χ1n) is 9.58. The molecule has 2 heterocycles. The van der Waals surface area contributed by atoms with E-state index in [9.17, 15) is 4.79 Å². The third-order valence-corrected chi connectivity index (χ3v) is 5.09. The lowest BCUT2D eigenvalue weighted by atomic mass is 10.1. The number of nitrogens with zero attached hydrogens (tertiary/aromatic N) is 3. The average Bonchev–Trinajstić information content (AvgIpc) is 3.23. The molecular formula is C22H25N3O2. The Morgan fingerprint density at radius 3 is 2.59 bits per heavy atom. The molecule has 0 aliphatic carbocycles. The molecule has 5 nitrogen and oxygen atoms in total. The molecule has 1 atom stereocenters. The maximum atomic E-state index is 12.7. The third kappa shape index (κ3) is 3.18. The first-order chi connectivity index (χ1) is 13.1. The van der Waals surface area contributed by atoms with E-state index >= 15 is 0 Å². The van der Waals surface area contributed by atoms with Gasteiger partial charge in [0.25, 0.3) is 0 Å². The van der Waals surface area contributed by atoms with Crippen molar-refractivity contribution >= 4 is 22.6 Å². The van der Waals surface area contributed by atoms with E-state index in [2.05, 4.69) is 24.5 Å². The number of anilines is 1. The second-order valence-corrected chi connectivity index (χ2v) is 7.25. The zero-order valence-corrected chi connectivity index (χ0v) is 16.1. The number of imidazole rings is 1. The Kier molecular flexibility index (Phi) is 4.60. The molecule has 1 aliphatic rings. The van der Waals surface area contributed by atoms with Gasteiger partial charge in [-0.3, -0.25) is 4.79 Å². The molecule has 0 unspecified atom stereocenters. The third-order valence-electron chi connectivity index (χ3n) is 5.09. The van der Waals surface area contributed by atoms with Gasteiger partial charge in [0.15, 0.2) is 0 Å². The summed E-state index contributed by atoms with van der Waals surface area (Å²) in [6.45, 7) is 7.58. The Labute approximate surface area is 159 Å². The standard InChI is InChI=1S/C22H25N3O2/c1-4-27-18-11-9-17(10-12-18)24-14-16(13-21(24)26)22-23-19-7-5-6-8-20(19)25(22)15(2)3/h5-12,15-16H,4,13-14H2,1-3H3/t16-/m1/s1. The molecule has 27 heavy (non-hydrogen) atoms. The van der Waals surface area contributed by atoms with Gasteiger partial charge < -0.3 is 14.2 Å². The average molecular weight is 363 g/mol. The maximum Gasteiger partial charge on any atom is 0.227 e. The van der Waals surface area contributed by atoms with Crippen LogP contribution in [-0.4, -0.2) is 28.6 Å². The van der Waals surface area contributed by atoms with Crippen molar-refractivity contribution in [3.05, 3.63) is 54.4 Å².